The van der Waals surface area contributed by atoms with Crippen molar-refractivity contribution in [3.63, 3.8) is 0 Å². The van der Waals surface area contributed by atoms with Crippen LogP contribution in [0.4, 0.5) is 0 Å². The van der Waals surface area contributed by atoms with Crippen molar-refractivity contribution >= 4 is 11.6 Å². The second-order valence-corrected chi connectivity index (χ2v) is 3.07. The summed E-state index contributed by atoms with van der Waals surface area (Å²) in [6.45, 7) is 4.90. The first-order valence-corrected chi connectivity index (χ1v) is 4.02. The second kappa shape index (κ2) is 3.17. The third-order valence-corrected chi connectivity index (χ3v) is 2.34. The SMILES string of the molecule is COC1=C(C)C(=O)C(C)=C(C)C1=O. The highest BCUT2D eigenvalue weighted by Crippen LogP contribution is 2.23. The number of hydrogen-bond donors (Lipinski definition) is 0. The van der Waals surface area contributed by atoms with E-state index in [1.807, 2.05) is 0 Å². The molecule has 0 amide bonds. The third-order valence-electron chi connectivity index (χ3n) is 2.34. The Morgan fingerprint density at radius 3 is 1.77 bits per heavy atom. The topological polar surface area (TPSA) is 43.4 Å². The van der Waals surface area contributed by atoms with Gasteiger partial charge in [0.25, 0.3) is 0 Å². The fourth-order valence-corrected chi connectivity index (χ4v) is 1.31. The fraction of sp³-hybridized carbons (Fsp3) is 0.400. The maximum absolute atomic E-state index is 11.5. The van der Waals surface area contributed by atoms with Gasteiger partial charge in [-0.15, -0.1) is 0 Å². The highest BCUT2D eigenvalue weighted by Gasteiger charge is 2.28. The van der Waals surface area contributed by atoms with Crippen molar-refractivity contribution in [2.45, 2.75) is 20.8 Å². The summed E-state index contributed by atoms with van der Waals surface area (Å²) in [5, 5.41) is 0. The number of ketones is 2. The van der Waals surface area contributed by atoms with E-state index >= 15 is 0 Å². The van der Waals surface area contributed by atoms with Gasteiger partial charge < -0.3 is 4.74 Å². The predicted molar refractivity (Wildman–Crippen MR) is 48.1 cm³/mol. The highest BCUT2D eigenvalue weighted by atomic mass is 16.5. The van der Waals surface area contributed by atoms with Crippen molar-refractivity contribution in [3.05, 3.63) is 22.5 Å². The first-order chi connectivity index (χ1) is 6.00. The van der Waals surface area contributed by atoms with E-state index in [1.54, 1.807) is 20.8 Å². The summed E-state index contributed by atoms with van der Waals surface area (Å²) in [5.74, 6) is -0.112. The smallest absolute Gasteiger partial charge is 0.224 e. The van der Waals surface area contributed by atoms with Crippen LogP contribution < -0.4 is 0 Å². The molecule has 0 fully saturated rings. The molecule has 1 rings (SSSR count). The molecule has 0 bridgehead atoms. The quantitative estimate of drug-likeness (QED) is 0.573. The number of hydrogen-bond acceptors (Lipinski definition) is 3. The summed E-state index contributed by atoms with van der Waals surface area (Å²) >= 11 is 0. The first-order valence-electron chi connectivity index (χ1n) is 4.02. The Labute approximate surface area is 77.1 Å². The minimum Gasteiger partial charge on any atom is -0.492 e. The lowest BCUT2D eigenvalue weighted by atomic mass is 9.91. The lowest BCUT2D eigenvalue weighted by Gasteiger charge is -2.16. The molecule has 13 heavy (non-hydrogen) atoms. The van der Waals surface area contributed by atoms with Gasteiger partial charge in [0.2, 0.25) is 5.78 Å². The Morgan fingerprint density at radius 1 is 0.846 bits per heavy atom. The van der Waals surface area contributed by atoms with Crippen LogP contribution in [0.3, 0.4) is 0 Å². The molecule has 0 saturated heterocycles. The minimum atomic E-state index is -0.183. The molecule has 0 radical (unpaired) electrons. The van der Waals surface area contributed by atoms with Gasteiger partial charge >= 0.3 is 0 Å². The van der Waals surface area contributed by atoms with E-state index in [0.29, 0.717) is 16.7 Å². The Kier molecular flexibility index (Phi) is 2.36. The first kappa shape index (κ1) is 9.71. The van der Waals surface area contributed by atoms with E-state index in [1.165, 1.54) is 7.11 Å². The average Bonchev–Trinajstić information content (AvgIpc) is 2.13. The van der Waals surface area contributed by atoms with Crippen molar-refractivity contribution in [1.29, 1.82) is 0 Å². The van der Waals surface area contributed by atoms with Crippen molar-refractivity contribution in [1.82, 2.24) is 0 Å². The van der Waals surface area contributed by atoms with E-state index < -0.39 is 0 Å². The van der Waals surface area contributed by atoms with E-state index in [0.717, 1.165) is 0 Å². The van der Waals surface area contributed by atoms with E-state index in [4.69, 9.17) is 4.74 Å². The van der Waals surface area contributed by atoms with Crippen LogP contribution >= 0.6 is 0 Å². The normalized spacial score (nSPS) is 18.5. The molecular formula is C10H12O3. The molecule has 0 spiro atoms. The van der Waals surface area contributed by atoms with Crippen molar-refractivity contribution < 1.29 is 14.3 Å². The molecule has 0 unspecified atom stereocenters. The Hall–Kier alpha value is -1.38. The monoisotopic (exact) mass is 180 g/mol. The lowest BCUT2D eigenvalue weighted by molar-refractivity contribution is -0.118. The predicted octanol–water partition coefficient (Wildman–Crippen LogP) is 1.40. The van der Waals surface area contributed by atoms with Crippen LogP contribution in [0.1, 0.15) is 20.8 Å². The lowest BCUT2D eigenvalue weighted by Crippen LogP contribution is -2.21. The number of Topliss-reactive ketones (excluding diaryl/α,β-unsaturated/α-hetero) is 2. The molecular weight excluding hydrogens is 168 g/mol. The van der Waals surface area contributed by atoms with Crippen LogP contribution in [0.15, 0.2) is 22.5 Å². The number of allylic oxidation sites excluding steroid dienone is 3. The molecule has 0 heterocycles. The number of ether oxygens (including phenoxy) is 1. The molecule has 0 aromatic heterocycles. The van der Waals surface area contributed by atoms with Gasteiger partial charge in [-0.1, -0.05) is 0 Å². The maximum atomic E-state index is 11.5. The zero-order chi connectivity index (χ0) is 10.2. The molecule has 0 atom stereocenters. The van der Waals surface area contributed by atoms with Gasteiger partial charge in [-0.3, -0.25) is 9.59 Å². The van der Waals surface area contributed by atoms with E-state index in [9.17, 15) is 9.59 Å². The molecule has 3 heteroatoms. The van der Waals surface area contributed by atoms with E-state index in [2.05, 4.69) is 0 Å². The largest absolute Gasteiger partial charge is 0.492 e. The standard InChI is InChI=1S/C10H12O3/c1-5-6(2)9(12)10(13-4)7(3)8(5)11/h1-4H3. The van der Waals surface area contributed by atoms with Crippen molar-refractivity contribution in [3.8, 4) is 0 Å². The van der Waals surface area contributed by atoms with Crippen molar-refractivity contribution in [2.24, 2.45) is 0 Å². The maximum Gasteiger partial charge on any atom is 0.224 e. The molecule has 1 aliphatic carbocycles. The Bertz CT molecular complexity index is 345. The number of rotatable bonds is 1. The summed E-state index contributed by atoms with van der Waals surface area (Å²) in [4.78, 5) is 23.0. The molecule has 70 valence electrons. The molecule has 0 saturated carbocycles. The summed E-state index contributed by atoms with van der Waals surface area (Å²) in [6, 6.07) is 0. The molecule has 1 aliphatic rings. The summed E-state index contributed by atoms with van der Waals surface area (Å²) in [7, 11) is 1.40. The Balaban J connectivity index is 3.29. The van der Waals surface area contributed by atoms with Gasteiger partial charge in [-0.05, 0) is 20.8 Å². The van der Waals surface area contributed by atoms with Gasteiger partial charge in [0.15, 0.2) is 11.5 Å². The van der Waals surface area contributed by atoms with Gasteiger partial charge in [0, 0.05) is 16.7 Å². The van der Waals surface area contributed by atoms with Gasteiger partial charge in [-0.2, -0.15) is 0 Å². The zero-order valence-corrected chi connectivity index (χ0v) is 8.22. The molecule has 0 aromatic carbocycles. The Morgan fingerprint density at radius 2 is 1.31 bits per heavy atom. The van der Waals surface area contributed by atoms with Crippen molar-refractivity contribution in [2.75, 3.05) is 7.11 Å². The average molecular weight is 180 g/mol. The van der Waals surface area contributed by atoms with Crippen LogP contribution in [0.5, 0.6) is 0 Å². The highest BCUT2D eigenvalue weighted by molar-refractivity contribution is 6.23. The molecule has 0 aliphatic heterocycles. The third kappa shape index (κ3) is 1.30. The summed E-state index contributed by atoms with van der Waals surface area (Å²) in [6.07, 6.45) is 0. The van der Waals surface area contributed by atoms with Gasteiger partial charge in [-0.25, -0.2) is 0 Å². The van der Waals surface area contributed by atoms with Crippen LogP contribution in [-0.4, -0.2) is 18.7 Å². The fourth-order valence-electron chi connectivity index (χ4n) is 1.31. The number of methoxy groups -OCH3 is 1. The molecule has 0 N–H and O–H groups in total. The van der Waals surface area contributed by atoms with Crippen LogP contribution in [0, 0.1) is 0 Å². The van der Waals surface area contributed by atoms with Crippen LogP contribution in [0.25, 0.3) is 0 Å². The number of carbonyl (C=O) groups excluding carboxylic acids is 2. The minimum absolute atomic E-state index is 0.103. The van der Waals surface area contributed by atoms with Crippen LogP contribution in [0.2, 0.25) is 0 Å². The molecule has 3 nitrogen and oxygen atoms in total. The summed E-state index contributed by atoms with van der Waals surface area (Å²) in [5.41, 5.74) is 1.39. The van der Waals surface area contributed by atoms with Gasteiger partial charge in [0.05, 0.1) is 7.11 Å². The second-order valence-electron chi connectivity index (χ2n) is 3.07. The van der Waals surface area contributed by atoms with E-state index in [-0.39, 0.29) is 17.3 Å². The zero-order valence-electron chi connectivity index (χ0n) is 8.22. The number of carbonyl (C=O) groups is 2. The van der Waals surface area contributed by atoms with Crippen LogP contribution in [-0.2, 0) is 14.3 Å². The molecule has 0 aromatic rings. The van der Waals surface area contributed by atoms with Gasteiger partial charge in [0.1, 0.15) is 0 Å². The summed E-state index contributed by atoms with van der Waals surface area (Å²) < 4.78 is 4.88.